The standard InChI is InChI=1S/C45H68N4O7/c1-30(2)32(4)23-31(3)26-45(8,9)56-43(54)48-21-18-33(19-22-48)12-17-40(51)49-20-10-11-35(29-49)42(53)47-39(25-41(52)55-44(5,6)7)37-24-36(27-46-28-37)34-13-15-38(50)16-14-34/h13-16,24,27-28,30-33,35,39,50H,10-12,17-23,25-26,29H2,1-9H3,(H,47,53). The van der Waals surface area contributed by atoms with Crippen LogP contribution in [0.3, 0.4) is 0 Å². The van der Waals surface area contributed by atoms with Crippen LogP contribution < -0.4 is 5.32 Å². The Morgan fingerprint density at radius 1 is 0.893 bits per heavy atom. The molecule has 2 aromatic rings. The second-order valence-electron chi connectivity index (χ2n) is 18.4. The largest absolute Gasteiger partial charge is 0.508 e. The number of carbonyl (C=O) groups excluding carboxylic acids is 4. The SMILES string of the molecule is CC(CC(C)C(C)C)CC(C)(C)OC(=O)N1CCC(CCC(=O)N2CCCC(C(=O)NC(CC(=O)OC(C)(C)C)c3cncc(-c4ccc(O)cc4)c3)C2)CC1. The number of rotatable bonds is 15. The van der Waals surface area contributed by atoms with Crippen LogP contribution in [0, 0.1) is 29.6 Å². The molecule has 4 unspecified atom stereocenters. The minimum atomic E-state index is -0.690. The lowest BCUT2D eigenvalue weighted by atomic mass is 9.84. The van der Waals surface area contributed by atoms with Gasteiger partial charge in [0.05, 0.1) is 18.4 Å². The Labute approximate surface area is 335 Å². The highest BCUT2D eigenvalue weighted by molar-refractivity contribution is 5.82. The number of nitrogens with one attached hydrogen (secondary N) is 1. The molecule has 0 aliphatic carbocycles. The summed E-state index contributed by atoms with van der Waals surface area (Å²) in [5.41, 5.74) is 1.05. The Morgan fingerprint density at radius 3 is 2.21 bits per heavy atom. The molecule has 56 heavy (non-hydrogen) atoms. The maximum Gasteiger partial charge on any atom is 0.410 e. The summed E-state index contributed by atoms with van der Waals surface area (Å²) in [5, 5.41) is 12.8. The summed E-state index contributed by atoms with van der Waals surface area (Å²) < 4.78 is 11.6. The predicted molar refractivity (Wildman–Crippen MR) is 218 cm³/mol. The number of pyridine rings is 1. The van der Waals surface area contributed by atoms with Gasteiger partial charge >= 0.3 is 12.1 Å². The quantitative estimate of drug-likeness (QED) is 0.171. The number of ether oxygens (including phenoxy) is 2. The van der Waals surface area contributed by atoms with Crippen LogP contribution in [-0.2, 0) is 23.9 Å². The molecule has 11 heteroatoms. The van der Waals surface area contributed by atoms with Gasteiger partial charge < -0.3 is 29.7 Å². The van der Waals surface area contributed by atoms with Gasteiger partial charge in [0, 0.05) is 50.6 Å². The van der Waals surface area contributed by atoms with Gasteiger partial charge in [-0.1, -0.05) is 39.8 Å². The fraction of sp³-hybridized carbons (Fsp3) is 0.667. The van der Waals surface area contributed by atoms with E-state index in [9.17, 15) is 24.3 Å². The van der Waals surface area contributed by atoms with E-state index in [2.05, 4.69) is 38.0 Å². The van der Waals surface area contributed by atoms with Gasteiger partial charge in [-0.25, -0.2) is 4.79 Å². The summed E-state index contributed by atoms with van der Waals surface area (Å²) in [5.74, 6) is 1.19. The molecule has 4 atom stereocenters. The number of esters is 1. The fourth-order valence-corrected chi connectivity index (χ4v) is 8.03. The van der Waals surface area contributed by atoms with Gasteiger partial charge in [0.15, 0.2) is 0 Å². The van der Waals surface area contributed by atoms with Crippen molar-refractivity contribution in [2.45, 2.75) is 137 Å². The number of benzene rings is 1. The van der Waals surface area contributed by atoms with Crippen LogP contribution in [0.15, 0.2) is 42.7 Å². The van der Waals surface area contributed by atoms with Crippen molar-refractivity contribution in [3.05, 3.63) is 48.3 Å². The summed E-state index contributed by atoms with van der Waals surface area (Å²) in [6.45, 7) is 20.6. The molecule has 2 N–H and O–H groups in total. The van der Waals surface area contributed by atoms with E-state index in [0.717, 1.165) is 43.2 Å². The van der Waals surface area contributed by atoms with Crippen molar-refractivity contribution in [3.8, 4) is 16.9 Å². The zero-order chi connectivity index (χ0) is 41.2. The van der Waals surface area contributed by atoms with Gasteiger partial charge in [0.2, 0.25) is 11.8 Å². The monoisotopic (exact) mass is 777 g/mol. The molecule has 3 heterocycles. The predicted octanol–water partition coefficient (Wildman–Crippen LogP) is 8.70. The lowest BCUT2D eigenvalue weighted by Crippen LogP contribution is -2.46. The van der Waals surface area contributed by atoms with Crippen LogP contribution in [-0.4, -0.2) is 81.1 Å². The van der Waals surface area contributed by atoms with Crippen LogP contribution >= 0.6 is 0 Å². The molecule has 2 aliphatic heterocycles. The van der Waals surface area contributed by atoms with Gasteiger partial charge in [0.25, 0.3) is 0 Å². The van der Waals surface area contributed by atoms with E-state index >= 15 is 0 Å². The summed E-state index contributed by atoms with van der Waals surface area (Å²) >= 11 is 0. The molecule has 4 rings (SSSR count). The highest BCUT2D eigenvalue weighted by atomic mass is 16.6. The fourth-order valence-electron chi connectivity index (χ4n) is 8.03. The molecule has 0 bridgehead atoms. The number of nitrogens with zero attached hydrogens (tertiary/aromatic N) is 3. The molecule has 310 valence electrons. The third kappa shape index (κ3) is 14.1. The van der Waals surface area contributed by atoms with Crippen LogP contribution in [0.5, 0.6) is 5.75 Å². The number of likely N-dealkylation sites (tertiary alicyclic amines) is 2. The van der Waals surface area contributed by atoms with Gasteiger partial charge in [0.1, 0.15) is 17.0 Å². The number of phenolic OH excluding ortho intramolecular Hbond substituents is 1. The van der Waals surface area contributed by atoms with Gasteiger partial charge in [-0.05, 0) is 133 Å². The number of hydrogen-bond acceptors (Lipinski definition) is 8. The first-order valence-electron chi connectivity index (χ1n) is 20.8. The smallest absolute Gasteiger partial charge is 0.410 e. The molecular weight excluding hydrogens is 709 g/mol. The van der Waals surface area contributed by atoms with Crippen LogP contribution in [0.4, 0.5) is 4.79 Å². The number of phenols is 1. The van der Waals surface area contributed by atoms with E-state index in [4.69, 9.17) is 9.47 Å². The van der Waals surface area contributed by atoms with E-state index in [-0.39, 0.29) is 30.1 Å². The molecule has 0 saturated carbocycles. The van der Waals surface area contributed by atoms with Gasteiger partial charge in [-0.3, -0.25) is 19.4 Å². The van der Waals surface area contributed by atoms with Gasteiger partial charge in [-0.15, -0.1) is 0 Å². The van der Waals surface area contributed by atoms with Crippen molar-refractivity contribution in [1.82, 2.24) is 20.1 Å². The molecule has 0 radical (unpaired) electrons. The van der Waals surface area contributed by atoms with Crippen molar-refractivity contribution in [2.24, 2.45) is 29.6 Å². The Morgan fingerprint density at radius 2 is 1.57 bits per heavy atom. The molecule has 2 fully saturated rings. The van der Waals surface area contributed by atoms with Crippen LogP contribution in [0.1, 0.15) is 132 Å². The minimum Gasteiger partial charge on any atom is -0.508 e. The van der Waals surface area contributed by atoms with E-state index in [1.165, 1.54) is 0 Å². The highest BCUT2D eigenvalue weighted by Gasteiger charge is 2.34. The van der Waals surface area contributed by atoms with E-state index in [0.29, 0.717) is 74.7 Å². The topological polar surface area (TPSA) is 138 Å². The Balaban J connectivity index is 1.28. The molecule has 2 saturated heterocycles. The Bertz CT molecular complexity index is 1610. The van der Waals surface area contributed by atoms with Crippen LogP contribution in [0.2, 0.25) is 0 Å². The molecule has 1 aromatic carbocycles. The summed E-state index contributed by atoms with van der Waals surface area (Å²) in [6, 6.07) is 7.95. The van der Waals surface area contributed by atoms with E-state index < -0.39 is 29.1 Å². The molecule has 11 nitrogen and oxygen atoms in total. The third-order valence-corrected chi connectivity index (χ3v) is 11.4. The second kappa shape index (κ2) is 19.8. The highest BCUT2D eigenvalue weighted by Crippen LogP contribution is 2.31. The zero-order valence-corrected chi connectivity index (χ0v) is 35.4. The number of piperidine rings is 2. The van der Waals surface area contributed by atoms with Gasteiger partial charge in [-0.2, -0.15) is 0 Å². The normalized spacial score (nSPS) is 18.6. The number of carbonyl (C=O) groups is 4. The summed E-state index contributed by atoms with van der Waals surface area (Å²) in [7, 11) is 0. The molecule has 0 spiro atoms. The van der Waals surface area contributed by atoms with E-state index in [1.54, 1.807) is 62.3 Å². The molecule has 3 amide bonds. The maximum absolute atomic E-state index is 13.8. The summed E-state index contributed by atoms with van der Waals surface area (Å²) in [6.07, 6.45) is 9.11. The van der Waals surface area contributed by atoms with Crippen molar-refractivity contribution in [3.63, 3.8) is 0 Å². The minimum absolute atomic E-state index is 0.0445. The zero-order valence-electron chi connectivity index (χ0n) is 35.4. The number of aromatic nitrogens is 1. The lowest BCUT2D eigenvalue weighted by Gasteiger charge is -2.36. The first-order chi connectivity index (χ1) is 26.3. The number of amides is 3. The van der Waals surface area contributed by atoms with Crippen molar-refractivity contribution in [2.75, 3.05) is 26.2 Å². The first kappa shape index (κ1) is 44.6. The molecular formula is C45H68N4O7. The average molecular weight is 777 g/mol. The number of hydrogen-bond donors (Lipinski definition) is 2. The summed E-state index contributed by atoms with van der Waals surface area (Å²) in [4.78, 5) is 61.4. The van der Waals surface area contributed by atoms with Crippen molar-refractivity contribution >= 4 is 23.9 Å². The number of aromatic hydroxyl groups is 1. The lowest BCUT2D eigenvalue weighted by molar-refractivity contribution is -0.155. The Hall–Kier alpha value is -4.15. The third-order valence-electron chi connectivity index (χ3n) is 11.4. The average Bonchev–Trinajstić information content (AvgIpc) is 3.12. The van der Waals surface area contributed by atoms with Crippen LogP contribution in [0.25, 0.3) is 11.1 Å². The maximum atomic E-state index is 13.8. The van der Waals surface area contributed by atoms with Crippen molar-refractivity contribution in [1.29, 1.82) is 0 Å². The Kier molecular flexibility index (Phi) is 15.8. The molecule has 2 aliphatic rings. The second-order valence-corrected chi connectivity index (χ2v) is 18.4. The van der Waals surface area contributed by atoms with E-state index in [1.807, 2.05) is 24.8 Å². The molecule has 1 aromatic heterocycles. The first-order valence-corrected chi connectivity index (χ1v) is 20.8. The van der Waals surface area contributed by atoms with Crippen molar-refractivity contribution < 1.29 is 33.8 Å².